The van der Waals surface area contributed by atoms with Gasteiger partial charge in [0.15, 0.2) is 0 Å². The first kappa shape index (κ1) is 18.2. The summed E-state index contributed by atoms with van der Waals surface area (Å²) in [5.74, 6) is 1.58. The molecule has 21 heavy (non-hydrogen) atoms. The summed E-state index contributed by atoms with van der Waals surface area (Å²) >= 11 is 6.23. The van der Waals surface area contributed by atoms with Gasteiger partial charge in [-0.1, -0.05) is 64.0 Å². The number of hydrogen-bond donors (Lipinski definition) is 0. The highest BCUT2D eigenvalue weighted by Gasteiger charge is 2.04. The van der Waals surface area contributed by atoms with E-state index in [0.717, 1.165) is 37.6 Å². The van der Waals surface area contributed by atoms with E-state index in [4.69, 9.17) is 21.1 Å². The number of unbranched alkanes of at least 4 members (excludes halogenated alkanes) is 6. The SMILES string of the molecule is CCCCCCOc1ccc(OCCCCCC)c(Cl)c1. The second-order valence-electron chi connectivity index (χ2n) is 5.41. The molecule has 0 unspecified atom stereocenters. The third-order valence-electron chi connectivity index (χ3n) is 3.43. The molecule has 1 rings (SSSR count). The summed E-state index contributed by atoms with van der Waals surface area (Å²) in [6.45, 7) is 5.91. The van der Waals surface area contributed by atoms with Gasteiger partial charge >= 0.3 is 0 Å². The van der Waals surface area contributed by atoms with Crippen LogP contribution >= 0.6 is 11.6 Å². The zero-order valence-corrected chi connectivity index (χ0v) is 14.3. The molecule has 0 aliphatic carbocycles. The van der Waals surface area contributed by atoms with Crippen molar-refractivity contribution in [2.75, 3.05) is 13.2 Å². The van der Waals surface area contributed by atoms with Crippen molar-refractivity contribution in [3.8, 4) is 11.5 Å². The summed E-state index contributed by atoms with van der Waals surface area (Å²) in [6, 6.07) is 5.69. The Kier molecular flexibility index (Phi) is 10.1. The summed E-state index contributed by atoms with van der Waals surface area (Å²) < 4.78 is 11.4. The molecule has 0 heterocycles. The van der Waals surface area contributed by atoms with E-state index in [1.807, 2.05) is 18.2 Å². The number of rotatable bonds is 12. The molecule has 0 amide bonds. The summed E-state index contributed by atoms with van der Waals surface area (Å²) in [6.07, 6.45) is 9.65. The third kappa shape index (κ3) is 8.21. The minimum absolute atomic E-state index is 0.636. The van der Waals surface area contributed by atoms with E-state index >= 15 is 0 Å². The molecule has 0 fully saturated rings. The number of ether oxygens (including phenoxy) is 2. The largest absolute Gasteiger partial charge is 0.494 e. The van der Waals surface area contributed by atoms with Gasteiger partial charge in [0, 0.05) is 6.07 Å². The van der Waals surface area contributed by atoms with E-state index in [2.05, 4.69) is 13.8 Å². The van der Waals surface area contributed by atoms with E-state index in [1.54, 1.807) is 0 Å². The zero-order valence-electron chi connectivity index (χ0n) is 13.5. The monoisotopic (exact) mass is 312 g/mol. The van der Waals surface area contributed by atoms with Gasteiger partial charge in [0.1, 0.15) is 11.5 Å². The van der Waals surface area contributed by atoms with E-state index < -0.39 is 0 Å². The summed E-state index contributed by atoms with van der Waals surface area (Å²) in [7, 11) is 0. The van der Waals surface area contributed by atoms with E-state index in [1.165, 1.54) is 38.5 Å². The van der Waals surface area contributed by atoms with Gasteiger partial charge in [0.2, 0.25) is 0 Å². The molecule has 3 heteroatoms. The minimum Gasteiger partial charge on any atom is -0.494 e. The Morgan fingerprint density at radius 3 is 2.00 bits per heavy atom. The maximum absolute atomic E-state index is 6.23. The molecule has 2 nitrogen and oxygen atoms in total. The van der Waals surface area contributed by atoms with Crippen LogP contribution in [0.4, 0.5) is 0 Å². The lowest BCUT2D eigenvalue weighted by molar-refractivity contribution is 0.297. The lowest BCUT2D eigenvalue weighted by atomic mass is 10.2. The first-order valence-corrected chi connectivity index (χ1v) is 8.70. The molecule has 0 aliphatic heterocycles. The van der Waals surface area contributed by atoms with Gasteiger partial charge in [-0.15, -0.1) is 0 Å². The zero-order chi connectivity index (χ0) is 15.3. The van der Waals surface area contributed by atoms with E-state index in [-0.39, 0.29) is 0 Å². The smallest absolute Gasteiger partial charge is 0.138 e. The summed E-state index contributed by atoms with van der Waals surface area (Å²) in [4.78, 5) is 0. The highest BCUT2D eigenvalue weighted by Crippen LogP contribution is 2.29. The van der Waals surface area contributed by atoms with Crippen LogP contribution in [0.3, 0.4) is 0 Å². The molecule has 1 aromatic carbocycles. The van der Waals surface area contributed by atoms with Crippen molar-refractivity contribution >= 4 is 11.6 Å². The Hall–Kier alpha value is -0.890. The van der Waals surface area contributed by atoms with Gasteiger partial charge in [-0.25, -0.2) is 0 Å². The maximum atomic E-state index is 6.23. The minimum atomic E-state index is 0.636. The van der Waals surface area contributed by atoms with Crippen LogP contribution in [-0.2, 0) is 0 Å². The molecular weight excluding hydrogens is 284 g/mol. The molecule has 0 spiro atoms. The molecule has 0 saturated carbocycles. The maximum Gasteiger partial charge on any atom is 0.138 e. The van der Waals surface area contributed by atoms with Crippen LogP contribution in [0.15, 0.2) is 18.2 Å². The van der Waals surface area contributed by atoms with Crippen molar-refractivity contribution in [1.29, 1.82) is 0 Å². The van der Waals surface area contributed by atoms with Crippen molar-refractivity contribution in [3.05, 3.63) is 23.2 Å². The predicted octanol–water partition coefficient (Wildman–Crippen LogP) is 6.26. The highest BCUT2D eigenvalue weighted by atomic mass is 35.5. The summed E-state index contributed by atoms with van der Waals surface area (Å²) in [5, 5.41) is 0.636. The fraction of sp³-hybridized carbons (Fsp3) is 0.667. The topological polar surface area (TPSA) is 18.5 Å². The van der Waals surface area contributed by atoms with Crippen LogP contribution < -0.4 is 9.47 Å². The molecule has 0 saturated heterocycles. The fourth-order valence-electron chi connectivity index (χ4n) is 2.12. The van der Waals surface area contributed by atoms with Gasteiger partial charge < -0.3 is 9.47 Å². The standard InChI is InChI=1S/C18H29ClO2/c1-3-5-7-9-13-20-16-11-12-18(17(19)15-16)21-14-10-8-6-4-2/h11-12,15H,3-10,13-14H2,1-2H3. The lowest BCUT2D eigenvalue weighted by Gasteiger charge is -2.10. The van der Waals surface area contributed by atoms with Gasteiger partial charge in [0.05, 0.1) is 18.2 Å². The molecular formula is C18H29ClO2. The molecule has 0 aliphatic rings. The van der Waals surface area contributed by atoms with E-state index in [0.29, 0.717) is 5.02 Å². The first-order chi connectivity index (χ1) is 10.3. The van der Waals surface area contributed by atoms with Gasteiger partial charge in [-0.3, -0.25) is 0 Å². The fourth-order valence-corrected chi connectivity index (χ4v) is 2.34. The number of halogens is 1. The quantitative estimate of drug-likeness (QED) is 0.424. The Bertz CT molecular complexity index is 379. The lowest BCUT2D eigenvalue weighted by Crippen LogP contribution is -1.99. The molecule has 0 N–H and O–H groups in total. The molecule has 120 valence electrons. The Morgan fingerprint density at radius 2 is 1.43 bits per heavy atom. The van der Waals surface area contributed by atoms with Gasteiger partial charge in [0.25, 0.3) is 0 Å². The first-order valence-electron chi connectivity index (χ1n) is 8.33. The normalized spacial score (nSPS) is 10.6. The molecule has 0 bridgehead atoms. The average molecular weight is 313 g/mol. The van der Waals surface area contributed by atoms with Crippen LogP contribution in [0.2, 0.25) is 5.02 Å². The second-order valence-corrected chi connectivity index (χ2v) is 5.82. The average Bonchev–Trinajstić information content (AvgIpc) is 2.48. The number of benzene rings is 1. The Morgan fingerprint density at radius 1 is 0.810 bits per heavy atom. The van der Waals surface area contributed by atoms with Crippen LogP contribution in [0.25, 0.3) is 0 Å². The number of hydrogen-bond acceptors (Lipinski definition) is 2. The Balaban J connectivity index is 2.27. The van der Waals surface area contributed by atoms with Crippen LogP contribution in [-0.4, -0.2) is 13.2 Å². The molecule has 0 atom stereocenters. The molecule has 1 aromatic rings. The second kappa shape index (κ2) is 11.7. The third-order valence-corrected chi connectivity index (χ3v) is 3.72. The molecule has 0 radical (unpaired) electrons. The van der Waals surface area contributed by atoms with Crippen LogP contribution in [0, 0.1) is 0 Å². The van der Waals surface area contributed by atoms with Gasteiger partial charge in [-0.05, 0) is 25.0 Å². The van der Waals surface area contributed by atoms with Crippen molar-refractivity contribution in [2.45, 2.75) is 65.2 Å². The van der Waals surface area contributed by atoms with E-state index in [9.17, 15) is 0 Å². The van der Waals surface area contributed by atoms with Crippen LogP contribution in [0.1, 0.15) is 65.2 Å². The van der Waals surface area contributed by atoms with Gasteiger partial charge in [-0.2, -0.15) is 0 Å². The van der Waals surface area contributed by atoms with Crippen LogP contribution in [0.5, 0.6) is 11.5 Å². The highest BCUT2D eigenvalue weighted by molar-refractivity contribution is 6.32. The predicted molar refractivity (Wildman–Crippen MR) is 90.7 cm³/mol. The molecule has 0 aromatic heterocycles. The van der Waals surface area contributed by atoms with Crippen molar-refractivity contribution < 1.29 is 9.47 Å². The summed E-state index contributed by atoms with van der Waals surface area (Å²) in [5.41, 5.74) is 0. The van der Waals surface area contributed by atoms with Crippen molar-refractivity contribution in [1.82, 2.24) is 0 Å². The van der Waals surface area contributed by atoms with Crippen molar-refractivity contribution in [3.63, 3.8) is 0 Å². The van der Waals surface area contributed by atoms with Crippen molar-refractivity contribution in [2.24, 2.45) is 0 Å². The Labute approximate surface area is 134 Å².